The molecule has 0 radical (unpaired) electrons. The molecule has 0 heterocycles. The van der Waals surface area contributed by atoms with Gasteiger partial charge in [0.2, 0.25) is 0 Å². The Bertz CT molecular complexity index is 525. The van der Waals surface area contributed by atoms with Gasteiger partial charge in [-0.15, -0.1) is 0 Å². The Morgan fingerprint density at radius 3 is 2.78 bits per heavy atom. The molecular weight excluding hydrogens is 232 g/mol. The largest absolute Gasteiger partial charge is 0.508 e. The molecule has 1 aromatic rings. The number of aromatic hydroxyl groups is 1. The Hall–Kier alpha value is -1.55. The third-order valence-corrected chi connectivity index (χ3v) is 4.81. The molecule has 1 aromatic carbocycles. The summed E-state index contributed by atoms with van der Waals surface area (Å²) in [5.74, 6) is -0.690. The fourth-order valence-electron chi connectivity index (χ4n) is 3.97. The van der Waals surface area contributed by atoms with Crippen molar-refractivity contribution in [3.63, 3.8) is 0 Å². The highest BCUT2D eigenvalue weighted by molar-refractivity contribution is 5.70. The van der Waals surface area contributed by atoms with E-state index in [4.69, 9.17) is 5.11 Å². The predicted octanol–water partition coefficient (Wildman–Crippen LogP) is 1.82. The van der Waals surface area contributed by atoms with E-state index in [2.05, 4.69) is 0 Å². The van der Waals surface area contributed by atoms with Gasteiger partial charge in [-0.3, -0.25) is 4.79 Å². The van der Waals surface area contributed by atoms with Gasteiger partial charge in [0, 0.05) is 5.92 Å². The van der Waals surface area contributed by atoms with Crippen molar-refractivity contribution in [1.29, 1.82) is 0 Å². The average molecular weight is 248 g/mol. The van der Waals surface area contributed by atoms with Crippen molar-refractivity contribution in [3.05, 3.63) is 29.3 Å². The lowest BCUT2D eigenvalue weighted by molar-refractivity contribution is -0.147. The molecule has 4 nitrogen and oxygen atoms in total. The first-order valence-electron chi connectivity index (χ1n) is 6.18. The first-order valence-corrected chi connectivity index (χ1v) is 6.18. The molecule has 0 amide bonds. The Kier molecular flexibility index (Phi) is 2.23. The molecule has 3 N–H and O–H groups in total. The van der Waals surface area contributed by atoms with Crippen molar-refractivity contribution in [2.75, 3.05) is 0 Å². The highest BCUT2D eigenvalue weighted by Gasteiger charge is 2.62. The van der Waals surface area contributed by atoms with E-state index in [1.807, 2.05) is 13.0 Å². The van der Waals surface area contributed by atoms with E-state index < -0.39 is 12.1 Å². The van der Waals surface area contributed by atoms with Crippen molar-refractivity contribution in [3.8, 4) is 5.75 Å². The molecule has 0 bridgehead atoms. The van der Waals surface area contributed by atoms with E-state index in [0.29, 0.717) is 6.42 Å². The second-order valence-corrected chi connectivity index (χ2v) is 5.59. The topological polar surface area (TPSA) is 77.8 Å². The van der Waals surface area contributed by atoms with Crippen molar-refractivity contribution in [1.82, 2.24) is 0 Å². The molecule has 18 heavy (non-hydrogen) atoms. The zero-order valence-corrected chi connectivity index (χ0v) is 10.1. The number of carboxylic acids is 1. The summed E-state index contributed by atoms with van der Waals surface area (Å²) in [4.78, 5) is 11.1. The van der Waals surface area contributed by atoms with Crippen LogP contribution in [0.5, 0.6) is 5.75 Å². The number of benzene rings is 1. The summed E-state index contributed by atoms with van der Waals surface area (Å²) in [5.41, 5.74) is 1.61. The number of aliphatic hydroxyl groups is 1. The van der Waals surface area contributed by atoms with Gasteiger partial charge >= 0.3 is 5.97 Å². The minimum absolute atomic E-state index is 0.0747. The van der Waals surface area contributed by atoms with Gasteiger partial charge in [0.25, 0.3) is 0 Å². The minimum atomic E-state index is -0.823. The molecule has 2 aliphatic rings. The van der Waals surface area contributed by atoms with Gasteiger partial charge in [0.05, 0.1) is 12.5 Å². The van der Waals surface area contributed by atoms with E-state index in [1.165, 1.54) is 0 Å². The van der Waals surface area contributed by atoms with Crippen LogP contribution in [-0.2, 0) is 4.79 Å². The molecule has 2 aliphatic carbocycles. The van der Waals surface area contributed by atoms with Crippen molar-refractivity contribution in [2.45, 2.75) is 37.7 Å². The second kappa shape index (κ2) is 3.48. The number of rotatable bonds is 2. The molecule has 3 rings (SSSR count). The maximum Gasteiger partial charge on any atom is 0.303 e. The number of carboxylic acid groups (broad SMARTS) is 1. The molecule has 96 valence electrons. The number of phenols is 1. The molecule has 0 saturated heterocycles. The van der Waals surface area contributed by atoms with Crippen molar-refractivity contribution in [2.24, 2.45) is 5.41 Å². The highest BCUT2D eigenvalue weighted by atomic mass is 16.4. The lowest BCUT2D eigenvalue weighted by Gasteiger charge is -2.51. The first kappa shape index (κ1) is 11.5. The molecule has 0 spiro atoms. The van der Waals surface area contributed by atoms with Crippen LogP contribution in [0.4, 0.5) is 0 Å². The third kappa shape index (κ3) is 1.27. The monoisotopic (exact) mass is 248 g/mol. The van der Waals surface area contributed by atoms with Gasteiger partial charge in [-0.05, 0) is 41.0 Å². The van der Waals surface area contributed by atoms with Crippen molar-refractivity contribution >= 4 is 5.97 Å². The molecule has 1 fully saturated rings. The van der Waals surface area contributed by atoms with Gasteiger partial charge in [-0.1, -0.05) is 13.0 Å². The van der Waals surface area contributed by atoms with Gasteiger partial charge in [0.15, 0.2) is 0 Å². The zero-order valence-electron chi connectivity index (χ0n) is 10.1. The Balaban J connectivity index is 2.09. The lowest BCUT2D eigenvalue weighted by atomic mass is 9.54. The Morgan fingerprint density at radius 2 is 2.17 bits per heavy atom. The lowest BCUT2D eigenvalue weighted by Crippen LogP contribution is -2.49. The van der Waals surface area contributed by atoms with Crippen molar-refractivity contribution < 1.29 is 20.1 Å². The number of phenolic OH excluding ortho intramolecular Hbond substituents is 1. The number of hydrogen-bond acceptors (Lipinski definition) is 3. The summed E-state index contributed by atoms with van der Waals surface area (Å²) in [6.45, 7) is 2.02. The molecule has 4 atom stereocenters. The van der Waals surface area contributed by atoms with Crippen LogP contribution in [0.15, 0.2) is 18.2 Å². The van der Waals surface area contributed by atoms with Crippen LogP contribution >= 0.6 is 0 Å². The second-order valence-electron chi connectivity index (χ2n) is 5.59. The summed E-state index contributed by atoms with van der Waals surface area (Å²) in [5, 5.41) is 28.6. The number of carbonyl (C=O) groups is 1. The maximum absolute atomic E-state index is 11.1. The zero-order chi connectivity index (χ0) is 13.1. The first-order chi connectivity index (χ1) is 8.45. The molecule has 4 heteroatoms. The highest BCUT2D eigenvalue weighted by Crippen LogP contribution is 2.68. The molecule has 1 saturated carbocycles. The van der Waals surface area contributed by atoms with Crippen LogP contribution in [0.3, 0.4) is 0 Å². The molecule has 4 unspecified atom stereocenters. The summed E-state index contributed by atoms with van der Waals surface area (Å²) in [6, 6.07) is 5.15. The number of hydrogen-bond donors (Lipinski definition) is 3. The van der Waals surface area contributed by atoms with E-state index in [9.17, 15) is 15.0 Å². The number of fused-ring (bicyclic) bond motifs is 3. The predicted molar refractivity (Wildman–Crippen MR) is 64.6 cm³/mol. The number of aliphatic hydroxyl groups excluding tert-OH is 1. The Labute approximate surface area is 105 Å². The van der Waals surface area contributed by atoms with Crippen LogP contribution in [0, 0.1) is 5.41 Å². The van der Waals surface area contributed by atoms with E-state index in [1.54, 1.807) is 12.1 Å². The maximum atomic E-state index is 11.1. The SMILES string of the molecule is CC1c2ccc(O)cc2C2C(O)CC12CC(=O)O. The average Bonchev–Trinajstić information content (AvgIpc) is 2.42. The van der Waals surface area contributed by atoms with Crippen LogP contribution in [0.25, 0.3) is 0 Å². The fourth-order valence-corrected chi connectivity index (χ4v) is 3.97. The standard InChI is InChI=1S/C14H16O4/c1-7-9-3-2-8(15)4-10(9)13-11(16)5-14(7,13)6-12(17)18/h2-4,7,11,13,15-16H,5-6H2,1H3,(H,17,18). The van der Waals surface area contributed by atoms with Gasteiger partial charge in [0.1, 0.15) is 5.75 Å². The van der Waals surface area contributed by atoms with Gasteiger partial charge in [-0.2, -0.15) is 0 Å². The smallest absolute Gasteiger partial charge is 0.303 e. The summed E-state index contributed by atoms with van der Waals surface area (Å²) < 4.78 is 0. The van der Waals surface area contributed by atoms with E-state index in [-0.39, 0.29) is 29.4 Å². The quantitative estimate of drug-likeness (QED) is 0.746. The van der Waals surface area contributed by atoms with Crippen LogP contribution in [0.1, 0.15) is 42.7 Å². The van der Waals surface area contributed by atoms with Crippen LogP contribution < -0.4 is 0 Å². The van der Waals surface area contributed by atoms with Gasteiger partial charge < -0.3 is 15.3 Å². The normalized spacial score (nSPS) is 36.7. The number of aliphatic carboxylic acids is 1. The molecule has 0 aromatic heterocycles. The minimum Gasteiger partial charge on any atom is -0.508 e. The van der Waals surface area contributed by atoms with E-state index >= 15 is 0 Å². The molecular formula is C14H16O4. The molecule has 0 aliphatic heterocycles. The van der Waals surface area contributed by atoms with Crippen LogP contribution in [-0.4, -0.2) is 27.4 Å². The van der Waals surface area contributed by atoms with Crippen LogP contribution in [0.2, 0.25) is 0 Å². The summed E-state index contributed by atoms with van der Waals surface area (Å²) >= 11 is 0. The Morgan fingerprint density at radius 1 is 1.44 bits per heavy atom. The fraction of sp³-hybridized carbons (Fsp3) is 0.500. The van der Waals surface area contributed by atoms with E-state index in [0.717, 1.165) is 11.1 Å². The third-order valence-electron chi connectivity index (χ3n) is 4.81. The summed E-state index contributed by atoms with van der Waals surface area (Å²) in [6.07, 6.45) is 0.112. The summed E-state index contributed by atoms with van der Waals surface area (Å²) in [7, 11) is 0. The van der Waals surface area contributed by atoms with Gasteiger partial charge in [-0.25, -0.2) is 0 Å².